The Kier molecular flexibility index (Phi) is 2.36. The number of fused-ring (bicyclic) bond motifs is 2. The Bertz CT molecular complexity index is 303. The third-order valence-electron chi connectivity index (χ3n) is 3.51. The molecule has 0 aromatic rings. The number of likely N-dealkylation sites (tertiary alicyclic amines) is 1. The summed E-state index contributed by atoms with van der Waals surface area (Å²) in [4.78, 5) is 25.5. The van der Waals surface area contributed by atoms with Gasteiger partial charge >= 0.3 is 0 Å². The van der Waals surface area contributed by atoms with Crippen molar-refractivity contribution in [3.05, 3.63) is 0 Å². The van der Waals surface area contributed by atoms with Gasteiger partial charge in [0, 0.05) is 30.3 Å². The van der Waals surface area contributed by atoms with Crippen molar-refractivity contribution in [1.29, 1.82) is 0 Å². The van der Waals surface area contributed by atoms with Gasteiger partial charge in [0.15, 0.2) is 0 Å². The van der Waals surface area contributed by atoms with E-state index in [1.807, 2.05) is 4.90 Å². The summed E-state index contributed by atoms with van der Waals surface area (Å²) >= 11 is 0. The van der Waals surface area contributed by atoms with E-state index in [2.05, 4.69) is 20.8 Å². The quantitative estimate of drug-likeness (QED) is 0.609. The van der Waals surface area contributed by atoms with Crippen LogP contribution in [-0.2, 0) is 9.59 Å². The maximum atomic E-state index is 12.0. The Labute approximate surface area is 90.8 Å². The minimum Gasteiger partial charge on any atom is -0.335 e. The Morgan fingerprint density at radius 1 is 1.27 bits per heavy atom. The van der Waals surface area contributed by atoms with Gasteiger partial charge in [-0.15, -0.1) is 0 Å². The Hall–Kier alpha value is -0.860. The van der Waals surface area contributed by atoms with Gasteiger partial charge in [-0.25, -0.2) is 0 Å². The van der Waals surface area contributed by atoms with Crippen LogP contribution in [0.1, 0.15) is 46.5 Å². The number of amides is 1. The van der Waals surface area contributed by atoms with Gasteiger partial charge in [-0.05, 0) is 33.6 Å². The molecule has 2 fully saturated rings. The molecule has 3 nitrogen and oxygen atoms in total. The summed E-state index contributed by atoms with van der Waals surface area (Å²) in [5, 5.41) is 0. The first-order valence-corrected chi connectivity index (χ1v) is 5.74. The topological polar surface area (TPSA) is 37.4 Å². The first-order chi connectivity index (χ1) is 6.89. The lowest BCUT2D eigenvalue weighted by atomic mass is 9.77. The maximum Gasteiger partial charge on any atom is 0.223 e. The molecule has 1 aliphatic heterocycles. The lowest BCUT2D eigenvalue weighted by Gasteiger charge is -2.48. The molecule has 15 heavy (non-hydrogen) atoms. The van der Waals surface area contributed by atoms with Crippen LogP contribution < -0.4 is 0 Å². The highest BCUT2D eigenvalue weighted by Gasteiger charge is 2.44. The van der Waals surface area contributed by atoms with Crippen molar-refractivity contribution in [1.82, 2.24) is 4.90 Å². The minimum atomic E-state index is -0.104. The predicted octanol–water partition coefficient (Wildman–Crippen LogP) is 1.75. The molecule has 84 valence electrons. The summed E-state index contributed by atoms with van der Waals surface area (Å²) in [5.74, 6) is 0.486. The van der Waals surface area contributed by atoms with Gasteiger partial charge in [-0.2, -0.15) is 0 Å². The number of hydrogen-bond acceptors (Lipinski definition) is 2. The smallest absolute Gasteiger partial charge is 0.223 e. The van der Waals surface area contributed by atoms with Crippen LogP contribution in [0.4, 0.5) is 0 Å². The molecule has 2 aliphatic rings. The average Bonchev–Trinajstić information content (AvgIpc) is 2.09. The van der Waals surface area contributed by atoms with Crippen LogP contribution >= 0.6 is 0 Å². The summed E-state index contributed by atoms with van der Waals surface area (Å²) in [5.41, 5.74) is -0.104. The van der Waals surface area contributed by atoms with E-state index in [1.54, 1.807) is 0 Å². The second-order valence-corrected chi connectivity index (χ2v) is 5.73. The monoisotopic (exact) mass is 209 g/mol. The number of carbonyl (C=O) groups is 2. The van der Waals surface area contributed by atoms with Crippen molar-refractivity contribution in [2.24, 2.45) is 5.92 Å². The minimum absolute atomic E-state index is 0.0230. The molecule has 1 saturated carbocycles. The largest absolute Gasteiger partial charge is 0.335 e. The fraction of sp³-hybridized carbons (Fsp3) is 0.833. The fourth-order valence-electron chi connectivity index (χ4n) is 2.96. The highest BCUT2D eigenvalue weighted by Crippen LogP contribution is 2.36. The maximum absolute atomic E-state index is 12.0. The second-order valence-electron chi connectivity index (χ2n) is 5.73. The zero-order chi connectivity index (χ0) is 11.2. The van der Waals surface area contributed by atoms with Gasteiger partial charge in [-0.3, -0.25) is 9.59 Å². The Morgan fingerprint density at radius 3 is 2.53 bits per heavy atom. The van der Waals surface area contributed by atoms with Crippen molar-refractivity contribution >= 4 is 11.7 Å². The van der Waals surface area contributed by atoms with Crippen LogP contribution in [0.2, 0.25) is 0 Å². The van der Waals surface area contributed by atoms with E-state index in [9.17, 15) is 9.59 Å². The molecule has 0 spiro atoms. The molecule has 3 heteroatoms. The van der Waals surface area contributed by atoms with Crippen molar-refractivity contribution in [3.8, 4) is 0 Å². The zero-order valence-electron chi connectivity index (χ0n) is 9.75. The van der Waals surface area contributed by atoms with Crippen molar-refractivity contribution in [2.75, 3.05) is 0 Å². The lowest BCUT2D eigenvalue weighted by Crippen LogP contribution is -2.58. The molecular formula is C12H19NO2. The molecule has 1 heterocycles. The summed E-state index contributed by atoms with van der Waals surface area (Å²) in [7, 11) is 0. The molecule has 2 rings (SSSR count). The molecule has 2 atom stereocenters. The molecular weight excluding hydrogens is 190 g/mol. The molecule has 1 aliphatic carbocycles. The second kappa shape index (κ2) is 3.32. The van der Waals surface area contributed by atoms with Crippen LogP contribution in [-0.4, -0.2) is 28.2 Å². The van der Waals surface area contributed by atoms with Crippen LogP contribution in [0.25, 0.3) is 0 Å². The molecule has 1 amide bonds. The molecule has 2 unspecified atom stereocenters. The van der Waals surface area contributed by atoms with E-state index in [-0.39, 0.29) is 17.4 Å². The van der Waals surface area contributed by atoms with Crippen molar-refractivity contribution in [2.45, 2.75) is 58.0 Å². The molecule has 2 bridgehead atoms. The van der Waals surface area contributed by atoms with Gasteiger partial charge in [0.2, 0.25) is 5.91 Å². The van der Waals surface area contributed by atoms with E-state index in [4.69, 9.17) is 0 Å². The van der Waals surface area contributed by atoms with Crippen LogP contribution in [0, 0.1) is 5.92 Å². The Morgan fingerprint density at radius 2 is 1.93 bits per heavy atom. The first kappa shape index (κ1) is 10.7. The van der Waals surface area contributed by atoms with Crippen LogP contribution in [0.15, 0.2) is 0 Å². The summed E-state index contributed by atoms with van der Waals surface area (Å²) in [6.07, 6.45) is 2.85. The summed E-state index contributed by atoms with van der Waals surface area (Å²) < 4.78 is 0. The number of piperidine rings is 1. The first-order valence-electron chi connectivity index (χ1n) is 5.74. The summed E-state index contributed by atoms with van der Waals surface area (Å²) in [6, 6.07) is 0.300. The van der Waals surface area contributed by atoms with E-state index >= 15 is 0 Å². The van der Waals surface area contributed by atoms with E-state index in [0.717, 1.165) is 12.8 Å². The van der Waals surface area contributed by atoms with Gasteiger partial charge in [0.05, 0.1) is 0 Å². The molecule has 0 N–H and O–H groups in total. The highest BCUT2D eigenvalue weighted by atomic mass is 16.2. The molecule has 0 radical (unpaired) electrons. The van der Waals surface area contributed by atoms with Gasteiger partial charge < -0.3 is 4.90 Å². The van der Waals surface area contributed by atoms with E-state index in [0.29, 0.717) is 24.7 Å². The number of rotatable bonds is 0. The zero-order valence-corrected chi connectivity index (χ0v) is 9.75. The number of nitrogens with zero attached hydrogens (tertiary/aromatic N) is 1. The van der Waals surface area contributed by atoms with Crippen molar-refractivity contribution < 1.29 is 9.59 Å². The van der Waals surface area contributed by atoms with E-state index in [1.165, 1.54) is 0 Å². The van der Waals surface area contributed by atoms with E-state index < -0.39 is 0 Å². The van der Waals surface area contributed by atoms with Crippen LogP contribution in [0.5, 0.6) is 0 Å². The SMILES string of the molecule is CC(C)(C)N1C(=O)CC2CC1CCC2=O. The molecule has 0 aromatic carbocycles. The van der Waals surface area contributed by atoms with Gasteiger partial charge in [0.25, 0.3) is 0 Å². The van der Waals surface area contributed by atoms with Gasteiger partial charge in [-0.1, -0.05) is 0 Å². The standard InChI is InChI=1S/C12H19NO2/c1-12(2,3)13-9-4-5-10(14)8(6-9)7-11(13)15/h8-9H,4-7H2,1-3H3. The third-order valence-corrected chi connectivity index (χ3v) is 3.51. The normalized spacial score (nSPS) is 32.1. The lowest BCUT2D eigenvalue weighted by molar-refractivity contribution is -0.152. The number of carbonyl (C=O) groups excluding carboxylic acids is 2. The summed E-state index contributed by atoms with van der Waals surface area (Å²) in [6.45, 7) is 6.21. The third kappa shape index (κ3) is 1.80. The van der Waals surface area contributed by atoms with Gasteiger partial charge in [0.1, 0.15) is 5.78 Å². The number of ketones is 1. The van der Waals surface area contributed by atoms with Crippen molar-refractivity contribution in [3.63, 3.8) is 0 Å². The fourth-order valence-corrected chi connectivity index (χ4v) is 2.96. The average molecular weight is 209 g/mol. The Balaban J connectivity index is 2.23. The number of hydrogen-bond donors (Lipinski definition) is 0. The van der Waals surface area contributed by atoms with Crippen LogP contribution in [0.3, 0.4) is 0 Å². The molecule has 1 saturated heterocycles. The highest BCUT2D eigenvalue weighted by molar-refractivity contribution is 5.90. The molecule has 0 aromatic heterocycles. The predicted molar refractivity (Wildman–Crippen MR) is 57.4 cm³/mol. The number of Topliss-reactive ketones (excluding diaryl/α,β-unsaturated/α-hetero) is 1.